The third kappa shape index (κ3) is 2.30. The molecule has 0 spiro atoms. The number of hydrogen-bond donors (Lipinski definition) is 0. The van der Waals surface area contributed by atoms with Gasteiger partial charge in [-0.05, 0) is 20.3 Å². The van der Waals surface area contributed by atoms with E-state index in [2.05, 4.69) is 51.5 Å². The fourth-order valence-corrected chi connectivity index (χ4v) is 1.82. The van der Waals surface area contributed by atoms with Gasteiger partial charge in [-0.3, -0.25) is 0 Å². The molecule has 0 fully saturated rings. The highest BCUT2D eigenvalue weighted by Gasteiger charge is 2.12. The SMILES string of the molecule is CCCc1nnc(CBr)n1C(C)C. The van der Waals surface area contributed by atoms with Crippen LogP contribution in [-0.4, -0.2) is 14.8 Å². The van der Waals surface area contributed by atoms with Crippen molar-refractivity contribution in [3.05, 3.63) is 11.6 Å². The molecule has 3 nitrogen and oxygen atoms in total. The van der Waals surface area contributed by atoms with Crippen molar-refractivity contribution in [3.8, 4) is 0 Å². The fraction of sp³-hybridized carbons (Fsp3) is 0.778. The van der Waals surface area contributed by atoms with E-state index in [1.165, 1.54) is 0 Å². The smallest absolute Gasteiger partial charge is 0.143 e. The predicted octanol–water partition coefficient (Wildman–Crippen LogP) is 2.71. The molecule has 1 rings (SSSR count). The Hall–Kier alpha value is -0.380. The number of aromatic nitrogens is 3. The van der Waals surface area contributed by atoms with Gasteiger partial charge in [-0.2, -0.15) is 0 Å². The molecular weight excluding hydrogens is 230 g/mol. The summed E-state index contributed by atoms with van der Waals surface area (Å²) in [6, 6.07) is 0.448. The average Bonchev–Trinajstić information content (AvgIpc) is 2.48. The Morgan fingerprint density at radius 2 is 1.92 bits per heavy atom. The molecule has 0 radical (unpaired) electrons. The van der Waals surface area contributed by atoms with Gasteiger partial charge < -0.3 is 4.57 Å². The van der Waals surface area contributed by atoms with E-state index < -0.39 is 0 Å². The van der Waals surface area contributed by atoms with Gasteiger partial charge in [-0.1, -0.05) is 22.9 Å². The average molecular weight is 246 g/mol. The zero-order valence-electron chi connectivity index (χ0n) is 8.42. The lowest BCUT2D eigenvalue weighted by Crippen LogP contribution is -2.09. The quantitative estimate of drug-likeness (QED) is 0.765. The highest BCUT2D eigenvalue weighted by atomic mass is 79.9. The lowest BCUT2D eigenvalue weighted by Gasteiger charge is -2.12. The third-order valence-electron chi connectivity index (χ3n) is 1.95. The van der Waals surface area contributed by atoms with Crippen LogP contribution in [0.15, 0.2) is 0 Å². The van der Waals surface area contributed by atoms with Crippen molar-refractivity contribution in [1.29, 1.82) is 0 Å². The summed E-state index contributed by atoms with van der Waals surface area (Å²) in [6.07, 6.45) is 2.13. The van der Waals surface area contributed by atoms with E-state index in [1.807, 2.05) is 0 Å². The number of alkyl halides is 1. The van der Waals surface area contributed by atoms with Gasteiger partial charge in [0.2, 0.25) is 0 Å². The van der Waals surface area contributed by atoms with E-state index in [4.69, 9.17) is 0 Å². The lowest BCUT2D eigenvalue weighted by atomic mass is 10.3. The van der Waals surface area contributed by atoms with Crippen LogP contribution < -0.4 is 0 Å². The Balaban J connectivity index is 2.99. The molecule has 0 saturated carbocycles. The van der Waals surface area contributed by atoms with Gasteiger partial charge in [0.1, 0.15) is 11.6 Å². The first-order valence-corrected chi connectivity index (χ1v) is 5.81. The molecular formula is C9H16BrN3. The monoisotopic (exact) mass is 245 g/mol. The minimum atomic E-state index is 0.448. The molecule has 0 saturated heterocycles. The summed E-state index contributed by atoms with van der Waals surface area (Å²) in [5.74, 6) is 2.13. The van der Waals surface area contributed by atoms with Crippen LogP contribution in [0.1, 0.15) is 44.9 Å². The summed E-state index contributed by atoms with van der Waals surface area (Å²) in [4.78, 5) is 0. The Morgan fingerprint density at radius 3 is 2.38 bits per heavy atom. The Morgan fingerprint density at radius 1 is 1.31 bits per heavy atom. The number of rotatable bonds is 4. The van der Waals surface area contributed by atoms with Crippen molar-refractivity contribution < 1.29 is 0 Å². The van der Waals surface area contributed by atoms with Gasteiger partial charge in [-0.15, -0.1) is 10.2 Å². The maximum atomic E-state index is 4.18. The normalized spacial score (nSPS) is 11.2. The molecule has 0 amide bonds. The Kier molecular flexibility index (Phi) is 3.90. The molecule has 0 atom stereocenters. The van der Waals surface area contributed by atoms with Crippen LogP contribution in [0.25, 0.3) is 0 Å². The minimum absolute atomic E-state index is 0.448. The molecule has 1 heterocycles. The second-order valence-electron chi connectivity index (χ2n) is 3.38. The van der Waals surface area contributed by atoms with Gasteiger partial charge in [-0.25, -0.2) is 0 Å². The zero-order valence-corrected chi connectivity index (χ0v) is 10.0. The van der Waals surface area contributed by atoms with Crippen LogP contribution in [0.3, 0.4) is 0 Å². The number of nitrogens with zero attached hydrogens (tertiary/aromatic N) is 3. The van der Waals surface area contributed by atoms with E-state index in [0.29, 0.717) is 6.04 Å². The van der Waals surface area contributed by atoms with E-state index in [1.54, 1.807) is 0 Å². The van der Waals surface area contributed by atoms with Crippen LogP contribution in [0.2, 0.25) is 0 Å². The molecule has 4 heteroatoms. The van der Waals surface area contributed by atoms with Crippen LogP contribution >= 0.6 is 15.9 Å². The maximum absolute atomic E-state index is 4.18. The molecule has 0 aliphatic rings. The first-order chi connectivity index (χ1) is 6.20. The van der Waals surface area contributed by atoms with Gasteiger partial charge in [0.25, 0.3) is 0 Å². The second-order valence-corrected chi connectivity index (χ2v) is 3.94. The number of aryl methyl sites for hydroxylation is 1. The summed E-state index contributed by atoms with van der Waals surface area (Å²) >= 11 is 3.42. The summed E-state index contributed by atoms with van der Waals surface area (Å²) in [5, 5.41) is 9.10. The Bertz CT molecular complexity index is 268. The molecule has 0 aromatic carbocycles. The summed E-state index contributed by atoms with van der Waals surface area (Å²) in [5.41, 5.74) is 0. The molecule has 0 aliphatic heterocycles. The first-order valence-electron chi connectivity index (χ1n) is 4.69. The van der Waals surface area contributed by atoms with Crippen LogP contribution in [0, 0.1) is 0 Å². The third-order valence-corrected chi connectivity index (χ3v) is 2.45. The van der Waals surface area contributed by atoms with E-state index in [0.717, 1.165) is 29.8 Å². The van der Waals surface area contributed by atoms with Crippen molar-refractivity contribution in [1.82, 2.24) is 14.8 Å². The first kappa shape index (κ1) is 10.7. The van der Waals surface area contributed by atoms with Gasteiger partial charge >= 0.3 is 0 Å². The van der Waals surface area contributed by atoms with Gasteiger partial charge in [0, 0.05) is 12.5 Å². The lowest BCUT2D eigenvalue weighted by molar-refractivity contribution is 0.549. The Labute approximate surface area is 87.7 Å². The van der Waals surface area contributed by atoms with Crippen molar-refractivity contribution in [2.24, 2.45) is 0 Å². The van der Waals surface area contributed by atoms with Crippen molar-refractivity contribution >= 4 is 15.9 Å². The summed E-state index contributed by atoms with van der Waals surface area (Å²) < 4.78 is 2.21. The van der Waals surface area contributed by atoms with E-state index in [-0.39, 0.29) is 0 Å². The largest absolute Gasteiger partial charge is 0.312 e. The molecule has 0 bridgehead atoms. The van der Waals surface area contributed by atoms with E-state index >= 15 is 0 Å². The molecule has 74 valence electrons. The topological polar surface area (TPSA) is 30.7 Å². The highest BCUT2D eigenvalue weighted by molar-refractivity contribution is 9.08. The minimum Gasteiger partial charge on any atom is -0.312 e. The van der Waals surface area contributed by atoms with Gasteiger partial charge in [0.05, 0.1) is 5.33 Å². The van der Waals surface area contributed by atoms with Crippen LogP contribution in [0.4, 0.5) is 0 Å². The van der Waals surface area contributed by atoms with Crippen LogP contribution in [0.5, 0.6) is 0 Å². The predicted molar refractivity (Wildman–Crippen MR) is 57.0 cm³/mol. The maximum Gasteiger partial charge on any atom is 0.143 e. The van der Waals surface area contributed by atoms with Crippen molar-refractivity contribution in [2.75, 3.05) is 0 Å². The molecule has 0 aliphatic carbocycles. The standard InChI is InChI=1S/C9H16BrN3/c1-4-5-8-11-12-9(6-10)13(8)7(2)3/h7H,4-6H2,1-3H3. The van der Waals surface area contributed by atoms with Crippen LogP contribution in [-0.2, 0) is 11.8 Å². The zero-order chi connectivity index (χ0) is 9.84. The number of hydrogen-bond acceptors (Lipinski definition) is 2. The number of halogens is 1. The molecule has 0 unspecified atom stereocenters. The molecule has 1 aromatic rings. The second kappa shape index (κ2) is 4.74. The molecule has 0 N–H and O–H groups in total. The van der Waals surface area contributed by atoms with Crippen molar-refractivity contribution in [2.45, 2.75) is 45.0 Å². The molecule has 13 heavy (non-hydrogen) atoms. The molecule has 1 aromatic heterocycles. The fourth-order valence-electron chi connectivity index (χ4n) is 1.44. The van der Waals surface area contributed by atoms with E-state index in [9.17, 15) is 0 Å². The summed E-state index contributed by atoms with van der Waals surface area (Å²) in [6.45, 7) is 6.48. The van der Waals surface area contributed by atoms with Crippen molar-refractivity contribution in [3.63, 3.8) is 0 Å². The highest BCUT2D eigenvalue weighted by Crippen LogP contribution is 2.14. The summed E-state index contributed by atoms with van der Waals surface area (Å²) in [7, 11) is 0. The van der Waals surface area contributed by atoms with Gasteiger partial charge in [0.15, 0.2) is 0 Å².